The number of benzene rings is 2. The summed E-state index contributed by atoms with van der Waals surface area (Å²) in [6.45, 7) is -0.0259. The standard InChI is InChI=1S/C21H15N5O2/c22-26-25-11-16-8-14(6-7-17(16)21(27)28)19-12-24-20-18(19)9-15(10-23-20)13-4-2-1-3-5-13/h1-10,12H,11H2,(H,23,24)(H,27,28). The van der Waals surface area contributed by atoms with Crippen molar-refractivity contribution in [1.82, 2.24) is 9.97 Å². The Morgan fingerprint density at radius 2 is 1.93 bits per heavy atom. The van der Waals surface area contributed by atoms with E-state index in [0.717, 1.165) is 33.3 Å². The number of aromatic carboxylic acids is 1. The molecule has 0 aliphatic rings. The Bertz CT molecular complexity index is 1220. The lowest BCUT2D eigenvalue weighted by molar-refractivity contribution is 0.0695. The van der Waals surface area contributed by atoms with Crippen LogP contribution in [-0.2, 0) is 6.54 Å². The van der Waals surface area contributed by atoms with Crippen LogP contribution < -0.4 is 0 Å². The third kappa shape index (κ3) is 3.18. The van der Waals surface area contributed by atoms with Crippen molar-refractivity contribution < 1.29 is 9.90 Å². The van der Waals surface area contributed by atoms with Crippen LogP contribution in [0.3, 0.4) is 0 Å². The highest BCUT2D eigenvalue weighted by atomic mass is 16.4. The molecule has 0 spiro atoms. The van der Waals surface area contributed by atoms with Crippen molar-refractivity contribution in [2.24, 2.45) is 5.11 Å². The molecule has 0 saturated carbocycles. The largest absolute Gasteiger partial charge is 0.478 e. The summed E-state index contributed by atoms with van der Waals surface area (Å²) in [5.74, 6) is -1.05. The SMILES string of the molecule is [N-]=[N+]=NCc1cc(-c2c[nH]c3ncc(-c4ccccc4)cc23)ccc1C(=O)O. The summed E-state index contributed by atoms with van der Waals surface area (Å²) in [6, 6.07) is 17.1. The number of pyridine rings is 1. The first-order valence-corrected chi connectivity index (χ1v) is 8.57. The second kappa shape index (κ2) is 7.26. The summed E-state index contributed by atoms with van der Waals surface area (Å²) in [5, 5.41) is 13.8. The Labute approximate surface area is 159 Å². The van der Waals surface area contributed by atoms with Gasteiger partial charge in [0.25, 0.3) is 0 Å². The fourth-order valence-electron chi connectivity index (χ4n) is 3.24. The van der Waals surface area contributed by atoms with Crippen molar-refractivity contribution in [3.05, 3.63) is 88.6 Å². The second-order valence-corrected chi connectivity index (χ2v) is 6.25. The first kappa shape index (κ1) is 17.3. The second-order valence-electron chi connectivity index (χ2n) is 6.25. The number of nitrogens with zero attached hydrogens (tertiary/aromatic N) is 4. The summed E-state index contributed by atoms with van der Waals surface area (Å²) in [6.07, 6.45) is 3.66. The molecule has 2 aromatic carbocycles. The molecule has 4 rings (SSSR count). The van der Waals surface area contributed by atoms with Crippen LogP contribution >= 0.6 is 0 Å². The monoisotopic (exact) mass is 369 g/mol. The van der Waals surface area contributed by atoms with Crippen molar-refractivity contribution in [2.45, 2.75) is 6.54 Å². The van der Waals surface area contributed by atoms with E-state index < -0.39 is 5.97 Å². The van der Waals surface area contributed by atoms with Crippen molar-refractivity contribution >= 4 is 17.0 Å². The van der Waals surface area contributed by atoms with E-state index in [1.54, 1.807) is 12.1 Å². The Morgan fingerprint density at radius 1 is 1.11 bits per heavy atom. The zero-order chi connectivity index (χ0) is 19.5. The molecule has 0 atom stereocenters. The molecule has 4 aromatic rings. The zero-order valence-electron chi connectivity index (χ0n) is 14.7. The van der Waals surface area contributed by atoms with Crippen LogP contribution in [0.4, 0.5) is 0 Å². The maximum atomic E-state index is 11.4. The number of hydrogen-bond acceptors (Lipinski definition) is 3. The van der Waals surface area contributed by atoms with Crippen LogP contribution in [0.5, 0.6) is 0 Å². The number of nitrogens with one attached hydrogen (secondary N) is 1. The van der Waals surface area contributed by atoms with Gasteiger partial charge in [-0.05, 0) is 34.4 Å². The third-order valence-electron chi connectivity index (χ3n) is 4.59. The van der Waals surface area contributed by atoms with Gasteiger partial charge < -0.3 is 10.1 Å². The number of carbonyl (C=O) groups is 1. The van der Waals surface area contributed by atoms with E-state index in [2.05, 4.69) is 26.1 Å². The molecule has 0 saturated heterocycles. The molecule has 28 heavy (non-hydrogen) atoms. The Kier molecular flexibility index (Phi) is 4.50. The van der Waals surface area contributed by atoms with Crippen molar-refractivity contribution in [2.75, 3.05) is 0 Å². The highest BCUT2D eigenvalue weighted by molar-refractivity contribution is 5.97. The first-order chi connectivity index (χ1) is 13.7. The molecule has 0 fully saturated rings. The average Bonchev–Trinajstić information content (AvgIpc) is 3.15. The lowest BCUT2D eigenvalue weighted by Gasteiger charge is -2.07. The predicted molar refractivity (Wildman–Crippen MR) is 107 cm³/mol. The normalized spacial score (nSPS) is 10.6. The quantitative estimate of drug-likeness (QED) is 0.278. The van der Waals surface area contributed by atoms with Gasteiger partial charge in [0.15, 0.2) is 0 Å². The van der Waals surface area contributed by atoms with Gasteiger partial charge >= 0.3 is 5.97 Å². The molecule has 7 nitrogen and oxygen atoms in total. The number of hydrogen-bond donors (Lipinski definition) is 2. The predicted octanol–water partition coefficient (Wildman–Crippen LogP) is 5.41. The van der Waals surface area contributed by atoms with Crippen LogP contribution in [0.25, 0.3) is 43.7 Å². The molecule has 2 N–H and O–H groups in total. The van der Waals surface area contributed by atoms with E-state index in [0.29, 0.717) is 5.56 Å². The number of aromatic nitrogens is 2. The number of fused-ring (bicyclic) bond motifs is 1. The van der Waals surface area contributed by atoms with Gasteiger partial charge in [-0.2, -0.15) is 0 Å². The molecule has 136 valence electrons. The Balaban J connectivity index is 1.85. The lowest BCUT2D eigenvalue weighted by atomic mass is 9.98. The van der Waals surface area contributed by atoms with E-state index in [9.17, 15) is 9.90 Å². The molecule has 0 aliphatic carbocycles. The number of carboxylic acid groups (broad SMARTS) is 1. The van der Waals surface area contributed by atoms with Gasteiger partial charge in [-0.15, -0.1) is 0 Å². The molecule has 0 amide bonds. The van der Waals surface area contributed by atoms with E-state index in [4.69, 9.17) is 5.53 Å². The molecular formula is C21H15N5O2. The smallest absolute Gasteiger partial charge is 0.335 e. The molecule has 7 heteroatoms. The van der Waals surface area contributed by atoms with Crippen LogP contribution in [0.2, 0.25) is 0 Å². The van der Waals surface area contributed by atoms with Crippen LogP contribution in [0, 0.1) is 0 Å². The minimum absolute atomic E-state index is 0.0259. The number of azide groups is 1. The number of carboxylic acids is 1. The van der Waals surface area contributed by atoms with Gasteiger partial charge in [0.1, 0.15) is 5.65 Å². The zero-order valence-corrected chi connectivity index (χ0v) is 14.7. The van der Waals surface area contributed by atoms with E-state index in [1.807, 2.05) is 42.7 Å². The molecule has 2 aromatic heterocycles. The highest BCUT2D eigenvalue weighted by Gasteiger charge is 2.14. The van der Waals surface area contributed by atoms with E-state index >= 15 is 0 Å². The van der Waals surface area contributed by atoms with Gasteiger partial charge in [0.2, 0.25) is 0 Å². The van der Waals surface area contributed by atoms with Gasteiger partial charge in [-0.3, -0.25) is 0 Å². The fourth-order valence-corrected chi connectivity index (χ4v) is 3.24. The van der Waals surface area contributed by atoms with Gasteiger partial charge in [-0.25, -0.2) is 9.78 Å². The summed E-state index contributed by atoms with van der Waals surface area (Å²) in [4.78, 5) is 21.8. The molecule has 0 unspecified atom stereocenters. The third-order valence-corrected chi connectivity index (χ3v) is 4.59. The summed E-state index contributed by atoms with van der Waals surface area (Å²) < 4.78 is 0. The van der Waals surface area contributed by atoms with E-state index in [1.165, 1.54) is 6.07 Å². The van der Waals surface area contributed by atoms with Gasteiger partial charge in [-0.1, -0.05) is 47.6 Å². The van der Waals surface area contributed by atoms with Crippen molar-refractivity contribution in [3.8, 4) is 22.3 Å². The Hall–Kier alpha value is -4.09. The molecular weight excluding hydrogens is 354 g/mol. The minimum atomic E-state index is -1.05. The van der Waals surface area contributed by atoms with Gasteiger partial charge in [0, 0.05) is 33.8 Å². The lowest BCUT2D eigenvalue weighted by Crippen LogP contribution is -2.02. The maximum Gasteiger partial charge on any atom is 0.335 e. The minimum Gasteiger partial charge on any atom is -0.478 e. The summed E-state index contributed by atoms with van der Waals surface area (Å²) in [5.41, 5.74) is 13.7. The van der Waals surface area contributed by atoms with Crippen LogP contribution in [-0.4, -0.2) is 21.0 Å². The Morgan fingerprint density at radius 3 is 2.68 bits per heavy atom. The summed E-state index contributed by atoms with van der Waals surface area (Å²) in [7, 11) is 0. The van der Waals surface area contributed by atoms with Crippen LogP contribution in [0.1, 0.15) is 15.9 Å². The van der Waals surface area contributed by atoms with Gasteiger partial charge in [0.05, 0.1) is 12.1 Å². The fraction of sp³-hybridized carbons (Fsp3) is 0.0476. The van der Waals surface area contributed by atoms with E-state index in [-0.39, 0.29) is 12.1 Å². The number of H-pyrrole nitrogens is 1. The first-order valence-electron chi connectivity index (χ1n) is 8.57. The molecule has 0 radical (unpaired) electrons. The molecule has 2 heterocycles. The number of rotatable bonds is 5. The summed E-state index contributed by atoms with van der Waals surface area (Å²) >= 11 is 0. The highest BCUT2D eigenvalue weighted by Crippen LogP contribution is 2.32. The maximum absolute atomic E-state index is 11.4. The van der Waals surface area contributed by atoms with Crippen molar-refractivity contribution in [1.29, 1.82) is 0 Å². The molecule has 0 bridgehead atoms. The number of aromatic amines is 1. The average molecular weight is 369 g/mol. The van der Waals surface area contributed by atoms with Crippen LogP contribution in [0.15, 0.2) is 72.1 Å². The molecule has 0 aliphatic heterocycles. The topological polar surface area (TPSA) is 115 Å². The van der Waals surface area contributed by atoms with Crippen molar-refractivity contribution in [3.63, 3.8) is 0 Å².